The molecule has 0 radical (unpaired) electrons. The molecule has 0 unspecified atom stereocenters. The van der Waals surface area contributed by atoms with Crippen molar-refractivity contribution < 1.29 is 9.84 Å². The van der Waals surface area contributed by atoms with Crippen molar-refractivity contribution in [3.05, 3.63) is 64.2 Å². The minimum absolute atomic E-state index is 0.0820. The first-order valence-corrected chi connectivity index (χ1v) is 8.31. The van der Waals surface area contributed by atoms with Gasteiger partial charge in [0.15, 0.2) is 0 Å². The normalized spacial score (nSPS) is 12.2. The summed E-state index contributed by atoms with van der Waals surface area (Å²) in [4.78, 5) is 0. The first kappa shape index (κ1) is 17.8. The van der Waals surface area contributed by atoms with E-state index in [1.165, 1.54) is 5.56 Å². The van der Waals surface area contributed by atoms with Crippen LogP contribution in [0.4, 0.5) is 0 Å². The van der Waals surface area contributed by atoms with Crippen LogP contribution in [-0.4, -0.2) is 17.8 Å². The van der Waals surface area contributed by atoms with E-state index in [9.17, 15) is 5.11 Å². The summed E-state index contributed by atoms with van der Waals surface area (Å²) in [5.41, 5.74) is 3.36. The lowest BCUT2D eigenvalue weighted by molar-refractivity contribution is 0.237. The molecular formula is C19H24ClNO2. The van der Waals surface area contributed by atoms with Gasteiger partial charge in [-0.3, -0.25) is 0 Å². The molecular weight excluding hydrogens is 310 g/mol. The van der Waals surface area contributed by atoms with E-state index < -0.39 is 0 Å². The van der Waals surface area contributed by atoms with Gasteiger partial charge in [0.05, 0.1) is 6.61 Å². The molecule has 0 aromatic heterocycles. The number of aliphatic hydroxyl groups is 1. The Morgan fingerprint density at radius 3 is 2.74 bits per heavy atom. The molecule has 0 amide bonds. The Kier molecular flexibility index (Phi) is 6.90. The van der Waals surface area contributed by atoms with Gasteiger partial charge in [-0.15, -0.1) is 0 Å². The standard InChI is InChI=1S/C19H24ClNO2/c1-3-18(12-22)21-11-16-10-17(20)7-8-19(16)23-13-15-6-4-5-14(2)9-15/h4-10,18,21-22H,3,11-13H2,1-2H3/t18-/m0/s1. The van der Waals surface area contributed by atoms with Gasteiger partial charge < -0.3 is 15.2 Å². The fourth-order valence-electron chi connectivity index (χ4n) is 2.38. The number of hydrogen-bond donors (Lipinski definition) is 2. The molecule has 0 saturated heterocycles. The van der Waals surface area contributed by atoms with Gasteiger partial charge in [0, 0.05) is 23.2 Å². The van der Waals surface area contributed by atoms with Gasteiger partial charge in [-0.2, -0.15) is 0 Å². The van der Waals surface area contributed by atoms with Crippen LogP contribution < -0.4 is 10.1 Å². The number of halogens is 1. The quantitative estimate of drug-likeness (QED) is 0.764. The lowest BCUT2D eigenvalue weighted by atomic mass is 10.1. The maximum atomic E-state index is 9.29. The molecule has 0 bridgehead atoms. The summed E-state index contributed by atoms with van der Waals surface area (Å²) < 4.78 is 5.97. The van der Waals surface area contributed by atoms with Crippen LogP contribution in [0, 0.1) is 6.92 Å². The Bertz CT molecular complexity index is 627. The zero-order valence-corrected chi connectivity index (χ0v) is 14.4. The van der Waals surface area contributed by atoms with Crippen molar-refractivity contribution in [2.75, 3.05) is 6.61 Å². The lowest BCUT2D eigenvalue weighted by Gasteiger charge is -2.17. The second-order valence-corrected chi connectivity index (χ2v) is 6.13. The van der Waals surface area contributed by atoms with E-state index in [0.717, 1.165) is 23.3 Å². The van der Waals surface area contributed by atoms with Gasteiger partial charge in [-0.1, -0.05) is 48.4 Å². The SMILES string of the molecule is CC[C@@H](CO)NCc1cc(Cl)ccc1OCc1cccc(C)c1. The van der Waals surface area contributed by atoms with Gasteiger partial charge in [0.25, 0.3) is 0 Å². The average Bonchev–Trinajstić information content (AvgIpc) is 2.55. The third kappa shape index (κ3) is 5.54. The summed E-state index contributed by atoms with van der Waals surface area (Å²) in [7, 11) is 0. The largest absolute Gasteiger partial charge is 0.489 e. The molecule has 3 nitrogen and oxygen atoms in total. The molecule has 2 rings (SSSR count). The van der Waals surface area contributed by atoms with Crippen molar-refractivity contribution in [3.63, 3.8) is 0 Å². The minimum Gasteiger partial charge on any atom is -0.489 e. The Balaban J connectivity index is 2.05. The molecule has 4 heteroatoms. The predicted molar refractivity (Wildman–Crippen MR) is 95.0 cm³/mol. The molecule has 23 heavy (non-hydrogen) atoms. The van der Waals surface area contributed by atoms with E-state index >= 15 is 0 Å². The van der Waals surface area contributed by atoms with Crippen molar-refractivity contribution in [3.8, 4) is 5.75 Å². The molecule has 2 N–H and O–H groups in total. The fourth-order valence-corrected chi connectivity index (χ4v) is 2.58. The highest BCUT2D eigenvalue weighted by atomic mass is 35.5. The topological polar surface area (TPSA) is 41.5 Å². The van der Waals surface area contributed by atoms with Crippen molar-refractivity contribution in [1.82, 2.24) is 5.32 Å². The Hall–Kier alpha value is -1.55. The number of ether oxygens (including phenoxy) is 1. The smallest absolute Gasteiger partial charge is 0.124 e. The number of benzene rings is 2. The second kappa shape index (κ2) is 8.92. The number of aliphatic hydroxyl groups excluding tert-OH is 1. The molecule has 124 valence electrons. The summed E-state index contributed by atoms with van der Waals surface area (Å²) in [6.07, 6.45) is 0.872. The Morgan fingerprint density at radius 1 is 1.22 bits per heavy atom. The number of nitrogens with one attached hydrogen (secondary N) is 1. The summed E-state index contributed by atoms with van der Waals surface area (Å²) in [6, 6.07) is 14.0. The van der Waals surface area contributed by atoms with Crippen molar-refractivity contribution >= 4 is 11.6 Å². The van der Waals surface area contributed by atoms with Gasteiger partial charge in [0.1, 0.15) is 12.4 Å². The summed E-state index contributed by atoms with van der Waals surface area (Å²) in [5.74, 6) is 0.816. The van der Waals surface area contributed by atoms with Gasteiger partial charge in [0.2, 0.25) is 0 Å². The van der Waals surface area contributed by atoms with Crippen molar-refractivity contribution in [2.24, 2.45) is 0 Å². The summed E-state index contributed by atoms with van der Waals surface area (Å²) >= 11 is 6.11. The molecule has 1 atom stereocenters. The third-order valence-electron chi connectivity index (χ3n) is 3.79. The van der Waals surface area contributed by atoms with Crippen molar-refractivity contribution in [1.29, 1.82) is 0 Å². The lowest BCUT2D eigenvalue weighted by Crippen LogP contribution is -2.31. The first-order chi connectivity index (χ1) is 11.1. The minimum atomic E-state index is 0.0820. The van der Waals surface area contributed by atoms with E-state index in [0.29, 0.717) is 18.2 Å². The van der Waals surface area contributed by atoms with Crippen LogP contribution in [0.15, 0.2) is 42.5 Å². The van der Waals surface area contributed by atoms with E-state index in [-0.39, 0.29) is 12.6 Å². The first-order valence-electron chi connectivity index (χ1n) is 7.93. The predicted octanol–water partition coefficient (Wildman–Crippen LogP) is 4.09. The van der Waals surface area contributed by atoms with Gasteiger partial charge >= 0.3 is 0 Å². The highest BCUT2D eigenvalue weighted by molar-refractivity contribution is 6.30. The van der Waals surface area contributed by atoms with Crippen LogP contribution in [-0.2, 0) is 13.2 Å². The molecule has 0 aliphatic heterocycles. The number of rotatable bonds is 8. The third-order valence-corrected chi connectivity index (χ3v) is 4.03. The molecule has 0 aliphatic carbocycles. The van der Waals surface area contributed by atoms with E-state index in [2.05, 4.69) is 30.4 Å². The number of aryl methyl sites for hydroxylation is 1. The molecule has 0 saturated carbocycles. The van der Waals surface area contributed by atoms with Crippen LogP contribution in [0.25, 0.3) is 0 Å². The van der Waals surface area contributed by atoms with Crippen molar-refractivity contribution in [2.45, 2.75) is 39.5 Å². The summed E-state index contributed by atoms with van der Waals surface area (Å²) in [6.45, 7) is 5.37. The van der Waals surface area contributed by atoms with Crippen LogP contribution in [0.2, 0.25) is 5.02 Å². The zero-order valence-electron chi connectivity index (χ0n) is 13.7. The maximum Gasteiger partial charge on any atom is 0.124 e. The average molecular weight is 334 g/mol. The molecule has 0 spiro atoms. The van der Waals surface area contributed by atoms with Crippen LogP contribution >= 0.6 is 11.6 Å². The van der Waals surface area contributed by atoms with Crippen LogP contribution in [0.3, 0.4) is 0 Å². The maximum absolute atomic E-state index is 9.29. The van der Waals surface area contributed by atoms with Gasteiger partial charge in [-0.05, 0) is 37.1 Å². The van der Waals surface area contributed by atoms with Crippen LogP contribution in [0.5, 0.6) is 5.75 Å². The van der Waals surface area contributed by atoms with Gasteiger partial charge in [-0.25, -0.2) is 0 Å². The zero-order chi connectivity index (χ0) is 16.7. The second-order valence-electron chi connectivity index (χ2n) is 5.70. The molecule has 0 aliphatic rings. The van der Waals surface area contributed by atoms with E-state index in [1.54, 1.807) is 0 Å². The highest BCUT2D eigenvalue weighted by Crippen LogP contribution is 2.24. The Morgan fingerprint density at radius 2 is 2.04 bits per heavy atom. The van der Waals surface area contributed by atoms with E-state index in [4.69, 9.17) is 16.3 Å². The highest BCUT2D eigenvalue weighted by Gasteiger charge is 2.09. The fraction of sp³-hybridized carbons (Fsp3) is 0.368. The molecule has 2 aromatic carbocycles. The Labute approximate surface area is 143 Å². The molecule has 0 heterocycles. The number of hydrogen-bond acceptors (Lipinski definition) is 3. The van der Waals surface area contributed by atoms with E-state index in [1.807, 2.05) is 31.2 Å². The van der Waals surface area contributed by atoms with Crippen LogP contribution in [0.1, 0.15) is 30.0 Å². The summed E-state index contributed by atoms with van der Waals surface area (Å²) in [5, 5.41) is 13.3. The monoisotopic (exact) mass is 333 g/mol. The molecule has 2 aromatic rings. The molecule has 0 fully saturated rings.